The molecule has 184 valence electrons. The molecule has 0 aromatic carbocycles. The number of rotatable bonds is 15. The van der Waals surface area contributed by atoms with E-state index in [4.69, 9.17) is 9.47 Å². The first-order chi connectivity index (χ1) is 15.3. The summed E-state index contributed by atoms with van der Waals surface area (Å²) < 4.78 is 10.3. The molecule has 1 amide bonds. The molecule has 9 nitrogen and oxygen atoms in total. The molecule has 1 heterocycles. The van der Waals surface area contributed by atoms with Gasteiger partial charge in [0.05, 0.1) is 19.3 Å². The molecule has 1 unspecified atom stereocenters. The molecule has 1 fully saturated rings. The van der Waals surface area contributed by atoms with E-state index in [1.54, 1.807) is 20.8 Å². The quantitative estimate of drug-likeness (QED) is 0.272. The monoisotopic (exact) mass is 474 g/mol. The minimum atomic E-state index is -1.02. The van der Waals surface area contributed by atoms with Gasteiger partial charge in [0.25, 0.3) is 0 Å². The van der Waals surface area contributed by atoms with Crippen molar-refractivity contribution in [2.45, 2.75) is 89.6 Å². The van der Waals surface area contributed by atoms with Gasteiger partial charge in [0, 0.05) is 12.3 Å². The van der Waals surface area contributed by atoms with E-state index < -0.39 is 35.3 Å². The summed E-state index contributed by atoms with van der Waals surface area (Å²) in [5.41, 5.74) is 0. The third-order valence-corrected chi connectivity index (χ3v) is 6.65. The van der Waals surface area contributed by atoms with E-state index in [1.807, 2.05) is 0 Å². The van der Waals surface area contributed by atoms with Crippen molar-refractivity contribution in [1.82, 2.24) is 10.2 Å². The number of thioether (sulfide) groups is 1. The molecule has 0 aromatic rings. The fourth-order valence-electron chi connectivity index (χ4n) is 3.63. The zero-order valence-electron chi connectivity index (χ0n) is 19.6. The molecular weight excluding hydrogens is 436 g/mol. The predicted molar refractivity (Wildman–Crippen MR) is 122 cm³/mol. The van der Waals surface area contributed by atoms with E-state index >= 15 is 0 Å². The Morgan fingerprint density at radius 1 is 1.09 bits per heavy atom. The second-order valence-corrected chi connectivity index (χ2v) is 9.03. The van der Waals surface area contributed by atoms with Crippen LogP contribution in [0.25, 0.3) is 0 Å². The molecular formula is C22H38N2O7S. The molecule has 0 radical (unpaired) electrons. The zero-order chi connectivity index (χ0) is 24.1. The Hall–Kier alpha value is -1.81. The lowest BCUT2D eigenvalue weighted by molar-refractivity contribution is -0.150. The van der Waals surface area contributed by atoms with Gasteiger partial charge < -0.3 is 19.5 Å². The summed E-state index contributed by atoms with van der Waals surface area (Å²) in [6.45, 7) is 8.00. The summed E-state index contributed by atoms with van der Waals surface area (Å²) in [6.07, 6.45) is 4.61. The molecule has 2 N–H and O–H groups in total. The average Bonchev–Trinajstić information content (AvgIpc) is 3.25. The summed E-state index contributed by atoms with van der Waals surface area (Å²) in [5.74, 6) is -1.97. The number of esters is 2. The number of nitrogens with one attached hydrogen (secondary N) is 1. The molecule has 1 aliphatic heterocycles. The number of carboxylic acids is 1. The first kappa shape index (κ1) is 28.2. The number of nitrogens with zero attached hydrogens (tertiary/aromatic N) is 1. The highest BCUT2D eigenvalue weighted by Crippen LogP contribution is 2.22. The smallest absolute Gasteiger partial charge is 0.326 e. The largest absolute Gasteiger partial charge is 0.480 e. The Balaban J connectivity index is 2.83. The van der Waals surface area contributed by atoms with Crippen molar-refractivity contribution < 1.29 is 33.8 Å². The standard InChI is InChI=1S/C22H38N2O7S/c1-5-8-9-12-18(22(29)31-7-3)32-14-16(21(28)30-6-2)23-15(4)19(25)24-13-10-11-17(24)20(26)27/h15-18,23H,5-14H2,1-4H3,(H,26,27)/t15-,16-,17-,18?/m0/s1. The molecule has 0 saturated carbocycles. The van der Waals surface area contributed by atoms with E-state index in [9.17, 15) is 24.3 Å². The van der Waals surface area contributed by atoms with E-state index in [0.717, 1.165) is 19.3 Å². The van der Waals surface area contributed by atoms with Crippen molar-refractivity contribution in [3.05, 3.63) is 0 Å². The van der Waals surface area contributed by atoms with Crippen LogP contribution >= 0.6 is 11.8 Å². The Labute approximate surface area is 194 Å². The number of hydrogen-bond donors (Lipinski definition) is 2. The molecule has 1 rings (SSSR count). The van der Waals surface area contributed by atoms with Crippen LogP contribution < -0.4 is 5.32 Å². The number of carbonyl (C=O) groups excluding carboxylic acids is 3. The number of unbranched alkanes of at least 4 members (excludes halogenated alkanes) is 2. The van der Waals surface area contributed by atoms with Crippen molar-refractivity contribution in [1.29, 1.82) is 0 Å². The predicted octanol–water partition coefficient (Wildman–Crippen LogP) is 2.22. The Morgan fingerprint density at radius 2 is 1.75 bits per heavy atom. The van der Waals surface area contributed by atoms with Gasteiger partial charge in [-0.25, -0.2) is 4.79 Å². The highest BCUT2D eigenvalue weighted by Gasteiger charge is 2.37. The fourth-order valence-corrected chi connectivity index (χ4v) is 4.83. The number of aliphatic carboxylic acids is 1. The summed E-state index contributed by atoms with van der Waals surface area (Å²) in [4.78, 5) is 50.5. The molecule has 0 bridgehead atoms. The van der Waals surface area contributed by atoms with Gasteiger partial charge in [-0.1, -0.05) is 26.2 Å². The van der Waals surface area contributed by atoms with Gasteiger partial charge in [0.2, 0.25) is 5.91 Å². The van der Waals surface area contributed by atoms with E-state index in [-0.39, 0.29) is 30.8 Å². The van der Waals surface area contributed by atoms with Crippen molar-refractivity contribution in [2.24, 2.45) is 0 Å². The highest BCUT2D eigenvalue weighted by molar-refractivity contribution is 8.00. The molecule has 1 saturated heterocycles. The van der Waals surface area contributed by atoms with Gasteiger partial charge >= 0.3 is 17.9 Å². The van der Waals surface area contributed by atoms with Crippen LogP contribution in [-0.4, -0.2) is 82.7 Å². The average molecular weight is 475 g/mol. The summed E-state index contributed by atoms with van der Waals surface area (Å²) in [6, 6.07) is -2.42. The Kier molecular flexibility index (Phi) is 13.3. The van der Waals surface area contributed by atoms with Crippen molar-refractivity contribution in [3.63, 3.8) is 0 Å². The summed E-state index contributed by atoms with van der Waals surface area (Å²) in [5, 5.41) is 11.9. The number of hydrogen-bond acceptors (Lipinski definition) is 8. The second kappa shape index (κ2) is 15.1. The topological polar surface area (TPSA) is 122 Å². The molecule has 0 spiro atoms. The number of amides is 1. The van der Waals surface area contributed by atoms with Gasteiger partial charge in [0.1, 0.15) is 17.3 Å². The number of carboxylic acid groups (broad SMARTS) is 1. The van der Waals surface area contributed by atoms with Crippen LogP contribution in [0.5, 0.6) is 0 Å². The SMILES string of the molecule is CCCCCC(SC[C@H](N[C@@H](C)C(=O)N1CCC[C@H]1C(=O)O)C(=O)OCC)C(=O)OCC. The van der Waals surface area contributed by atoms with Crippen LogP contribution in [0.15, 0.2) is 0 Å². The Morgan fingerprint density at radius 3 is 2.34 bits per heavy atom. The molecule has 1 aliphatic rings. The maximum Gasteiger partial charge on any atom is 0.326 e. The number of ether oxygens (including phenoxy) is 2. The van der Waals surface area contributed by atoms with Crippen LogP contribution in [0.2, 0.25) is 0 Å². The fraction of sp³-hybridized carbons (Fsp3) is 0.818. The number of likely N-dealkylation sites (tertiary alicyclic amines) is 1. The van der Waals surface area contributed by atoms with Crippen molar-refractivity contribution in [3.8, 4) is 0 Å². The maximum atomic E-state index is 12.8. The summed E-state index contributed by atoms with van der Waals surface area (Å²) in [7, 11) is 0. The molecule has 4 atom stereocenters. The van der Waals surface area contributed by atoms with Crippen LogP contribution in [0.1, 0.15) is 66.2 Å². The summed E-state index contributed by atoms with van der Waals surface area (Å²) >= 11 is 1.32. The first-order valence-corrected chi connectivity index (χ1v) is 12.6. The second-order valence-electron chi connectivity index (χ2n) is 7.79. The van der Waals surface area contributed by atoms with Gasteiger partial charge in [-0.15, -0.1) is 11.8 Å². The minimum absolute atomic E-state index is 0.190. The zero-order valence-corrected chi connectivity index (χ0v) is 20.4. The van der Waals surface area contributed by atoms with E-state index in [1.165, 1.54) is 16.7 Å². The van der Waals surface area contributed by atoms with Gasteiger partial charge in [-0.05, 0) is 40.0 Å². The molecule has 10 heteroatoms. The third-order valence-electron chi connectivity index (χ3n) is 5.30. The highest BCUT2D eigenvalue weighted by atomic mass is 32.2. The van der Waals surface area contributed by atoms with E-state index in [0.29, 0.717) is 25.8 Å². The van der Waals surface area contributed by atoms with Crippen LogP contribution in [-0.2, 0) is 28.7 Å². The van der Waals surface area contributed by atoms with E-state index in [2.05, 4.69) is 12.2 Å². The van der Waals surface area contributed by atoms with Crippen molar-refractivity contribution >= 4 is 35.6 Å². The van der Waals surface area contributed by atoms with Crippen molar-refractivity contribution in [2.75, 3.05) is 25.5 Å². The van der Waals surface area contributed by atoms with Crippen LogP contribution in [0.4, 0.5) is 0 Å². The first-order valence-electron chi connectivity index (χ1n) is 11.5. The lowest BCUT2D eigenvalue weighted by Gasteiger charge is -2.28. The Bertz CT molecular complexity index is 631. The maximum absolute atomic E-state index is 12.8. The molecule has 0 aliphatic carbocycles. The van der Waals surface area contributed by atoms with Crippen LogP contribution in [0.3, 0.4) is 0 Å². The van der Waals surface area contributed by atoms with Gasteiger partial charge in [-0.3, -0.25) is 19.7 Å². The molecule has 32 heavy (non-hydrogen) atoms. The number of carbonyl (C=O) groups is 4. The lowest BCUT2D eigenvalue weighted by atomic mass is 10.1. The van der Waals surface area contributed by atoms with Crippen LogP contribution in [0, 0.1) is 0 Å². The molecule has 0 aromatic heterocycles. The van der Waals surface area contributed by atoms with Gasteiger partial charge in [0.15, 0.2) is 0 Å². The lowest BCUT2D eigenvalue weighted by Crippen LogP contribution is -2.54. The van der Waals surface area contributed by atoms with Gasteiger partial charge in [-0.2, -0.15) is 0 Å². The third kappa shape index (κ3) is 8.97. The minimum Gasteiger partial charge on any atom is -0.480 e. The normalized spacial score (nSPS) is 18.6.